The molecule has 0 aliphatic heterocycles. The van der Waals surface area contributed by atoms with Crippen LogP contribution in [0.5, 0.6) is 0 Å². The average Bonchev–Trinajstić information content (AvgIpc) is 3.10. The maximum absolute atomic E-state index is 13.7. The van der Waals surface area contributed by atoms with Gasteiger partial charge in [-0.1, -0.05) is 26.0 Å². The summed E-state index contributed by atoms with van der Waals surface area (Å²) in [5.74, 6) is -1.71. The Morgan fingerprint density at radius 1 is 1.18 bits per heavy atom. The van der Waals surface area contributed by atoms with Crippen molar-refractivity contribution in [2.24, 2.45) is 5.41 Å². The number of carbonyl (C=O) groups excluding carboxylic acids is 1. The highest BCUT2D eigenvalue weighted by atomic mass is 19.1. The van der Waals surface area contributed by atoms with E-state index in [-0.39, 0.29) is 29.8 Å². The highest BCUT2D eigenvalue weighted by Gasteiger charge is 2.62. The molecule has 1 fully saturated rings. The number of nitrogens with zero attached hydrogens (tertiary/aromatic N) is 2. The molecule has 2 aromatic carbocycles. The van der Waals surface area contributed by atoms with Gasteiger partial charge in [-0.05, 0) is 59.7 Å². The van der Waals surface area contributed by atoms with Gasteiger partial charge in [-0.25, -0.2) is 13.5 Å². The Bertz CT molecular complexity index is 1150. The topological polar surface area (TPSA) is 79.2 Å². The number of rotatable bonds is 9. The van der Waals surface area contributed by atoms with E-state index in [1.54, 1.807) is 10.9 Å². The fourth-order valence-corrected chi connectivity index (χ4v) is 4.80. The van der Waals surface area contributed by atoms with Gasteiger partial charge in [-0.3, -0.25) is 4.79 Å². The van der Waals surface area contributed by atoms with Crippen LogP contribution in [-0.2, 0) is 16.8 Å². The normalized spacial score (nSPS) is 20.5. The molecule has 34 heavy (non-hydrogen) atoms. The van der Waals surface area contributed by atoms with E-state index < -0.39 is 23.8 Å². The van der Waals surface area contributed by atoms with Gasteiger partial charge in [0.25, 0.3) is 0 Å². The SMILES string of the molecule is CC(=O)NC(Cc1cc(F)cc(F)c1)C(O)CNC1(c2cccc(-n3cccn3)c2)CC1(C)C. The summed E-state index contributed by atoms with van der Waals surface area (Å²) in [6.45, 7) is 5.87. The zero-order chi connectivity index (χ0) is 24.5. The first kappa shape index (κ1) is 24.0. The van der Waals surface area contributed by atoms with Crippen LogP contribution in [0.3, 0.4) is 0 Å². The minimum absolute atomic E-state index is 0.0509. The summed E-state index contributed by atoms with van der Waals surface area (Å²) in [6.07, 6.45) is 3.61. The predicted molar refractivity (Wildman–Crippen MR) is 125 cm³/mol. The number of carbonyl (C=O) groups is 1. The van der Waals surface area contributed by atoms with E-state index in [0.717, 1.165) is 23.7 Å². The molecule has 8 heteroatoms. The van der Waals surface area contributed by atoms with Gasteiger partial charge in [0.1, 0.15) is 11.6 Å². The Morgan fingerprint density at radius 3 is 2.47 bits per heavy atom. The van der Waals surface area contributed by atoms with Crippen molar-refractivity contribution < 1.29 is 18.7 Å². The molecular weight excluding hydrogens is 438 g/mol. The summed E-state index contributed by atoms with van der Waals surface area (Å²) in [5.41, 5.74) is 1.98. The number of halogens is 2. The van der Waals surface area contributed by atoms with Crippen molar-refractivity contribution in [2.45, 2.75) is 51.3 Å². The second-order valence-electron chi connectivity index (χ2n) is 9.70. The summed E-state index contributed by atoms with van der Waals surface area (Å²) >= 11 is 0. The molecule has 1 amide bonds. The van der Waals surface area contributed by atoms with E-state index in [0.29, 0.717) is 5.56 Å². The van der Waals surface area contributed by atoms with Gasteiger partial charge in [0, 0.05) is 37.5 Å². The van der Waals surface area contributed by atoms with Gasteiger partial charge in [0.05, 0.1) is 17.8 Å². The maximum atomic E-state index is 13.7. The standard InChI is InChI=1S/C26H30F2N4O2/c1-17(33)31-23(12-18-10-20(27)14-21(28)11-18)24(34)15-29-26(16-25(26,2)3)19-6-4-7-22(13-19)32-9-5-8-30-32/h4-11,13-14,23-24,29,34H,12,15-16H2,1-3H3,(H,31,33). The predicted octanol–water partition coefficient (Wildman–Crippen LogP) is 3.47. The summed E-state index contributed by atoms with van der Waals surface area (Å²) in [7, 11) is 0. The maximum Gasteiger partial charge on any atom is 0.217 e. The van der Waals surface area contributed by atoms with Crippen LogP contribution in [0.1, 0.15) is 38.3 Å². The smallest absolute Gasteiger partial charge is 0.217 e. The summed E-state index contributed by atoms with van der Waals surface area (Å²) in [6, 6.07) is 12.5. The lowest BCUT2D eigenvalue weighted by molar-refractivity contribution is -0.120. The van der Waals surface area contributed by atoms with Gasteiger partial charge in [0.2, 0.25) is 5.91 Å². The fraction of sp³-hybridized carbons (Fsp3) is 0.385. The first-order valence-electron chi connectivity index (χ1n) is 11.4. The second-order valence-corrected chi connectivity index (χ2v) is 9.70. The van der Waals surface area contributed by atoms with E-state index >= 15 is 0 Å². The Kier molecular flexibility index (Phi) is 6.55. The number of nitrogens with one attached hydrogen (secondary N) is 2. The molecule has 0 bridgehead atoms. The number of benzene rings is 2. The van der Waals surface area contributed by atoms with Crippen molar-refractivity contribution in [1.29, 1.82) is 0 Å². The molecule has 1 aromatic heterocycles. The van der Waals surface area contributed by atoms with Gasteiger partial charge in [-0.2, -0.15) is 5.10 Å². The van der Waals surface area contributed by atoms with Crippen molar-refractivity contribution in [3.63, 3.8) is 0 Å². The molecule has 3 aromatic rings. The Balaban J connectivity index is 1.52. The first-order valence-corrected chi connectivity index (χ1v) is 11.4. The monoisotopic (exact) mass is 468 g/mol. The lowest BCUT2D eigenvalue weighted by atomic mass is 9.94. The molecule has 1 heterocycles. The van der Waals surface area contributed by atoms with Gasteiger partial charge in [-0.15, -0.1) is 0 Å². The van der Waals surface area contributed by atoms with Crippen LogP contribution >= 0.6 is 0 Å². The van der Waals surface area contributed by atoms with E-state index in [4.69, 9.17) is 0 Å². The third kappa shape index (κ3) is 5.03. The van der Waals surface area contributed by atoms with Gasteiger partial charge in [0.15, 0.2) is 0 Å². The Labute approximate surface area is 198 Å². The van der Waals surface area contributed by atoms with Crippen LogP contribution in [0.4, 0.5) is 8.78 Å². The van der Waals surface area contributed by atoms with E-state index in [1.807, 2.05) is 24.4 Å². The molecule has 1 aliphatic carbocycles. The number of amides is 1. The zero-order valence-corrected chi connectivity index (χ0v) is 19.6. The molecule has 3 N–H and O–H groups in total. The van der Waals surface area contributed by atoms with E-state index in [1.165, 1.54) is 19.1 Å². The third-order valence-corrected chi connectivity index (χ3v) is 6.69. The van der Waals surface area contributed by atoms with Crippen LogP contribution < -0.4 is 10.6 Å². The lowest BCUT2D eigenvalue weighted by Gasteiger charge is -2.29. The Hall–Kier alpha value is -3.10. The highest BCUT2D eigenvalue weighted by molar-refractivity contribution is 5.73. The molecule has 1 saturated carbocycles. The number of aromatic nitrogens is 2. The van der Waals surface area contributed by atoms with Crippen molar-refractivity contribution in [2.75, 3.05) is 6.54 Å². The summed E-state index contributed by atoms with van der Waals surface area (Å²) in [4.78, 5) is 11.8. The van der Waals surface area contributed by atoms with E-state index in [9.17, 15) is 18.7 Å². The minimum Gasteiger partial charge on any atom is -0.390 e. The zero-order valence-electron chi connectivity index (χ0n) is 19.6. The molecule has 0 spiro atoms. The van der Waals surface area contributed by atoms with Crippen LogP contribution in [0.15, 0.2) is 60.9 Å². The van der Waals surface area contributed by atoms with E-state index in [2.05, 4.69) is 41.7 Å². The molecule has 6 nitrogen and oxygen atoms in total. The quantitative estimate of drug-likeness (QED) is 0.449. The summed E-state index contributed by atoms with van der Waals surface area (Å²) in [5, 5.41) is 21.6. The molecule has 3 unspecified atom stereocenters. The molecule has 0 saturated heterocycles. The van der Waals surface area contributed by atoms with Crippen molar-refractivity contribution >= 4 is 5.91 Å². The molecule has 1 aliphatic rings. The number of hydrogen-bond acceptors (Lipinski definition) is 4. The number of aliphatic hydroxyl groups is 1. The highest BCUT2D eigenvalue weighted by Crippen LogP contribution is 2.62. The van der Waals surface area contributed by atoms with Crippen molar-refractivity contribution in [3.8, 4) is 5.69 Å². The average molecular weight is 469 g/mol. The Morgan fingerprint density at radius 2 is 1.88 bits per heavy atom. The molecule has 0 radical (unpaired) electrons. The molecule has 3 atom stereocenters. The minimum atomic E-state index is -0.974. The largest absolute Gasteiger partial charge is 0.390 e. The van der Waals surface area contributed by atoms with Crippen LogP contribution in [0.25, 0.3) is 5.69 Å². The second kappa shape index (κ2) is 9.27. The van der Waals surface area contributed by atoms with Gasteiger partial charge >= 0.3 is 0 Å². The first-order chi connectivity index (χ1) is 16.1. The number of hydrogen-bond donors (Lipinski definition) is 3. The molecule has 4 rings (SSSR count). The molecular formula is C26H30F2N4O2. The van der Waals surface area contributed by atoms with Crippen LogP contribution in [0.2, 0.25) is 0 Å². The third-order valence-electron chi connectivity index (χ3n) is 6.69. The van der Waals surface area contributed by atoms with Crippen LogP contribution in [0, 0.1) is 17.0 Å². The van der Waals surface area contributed by atoms with Gasteiger partial charge < -0.3 is 15.7 Å². The fourth-order valence-electron chi connectivity index (χ4n) is 4.80. The number of aliphatic hydroxyl groups excluding tert-OH is 1. The van der Waals surface area contributed by atoms with Crippen LogP contribution in [-0.4, -0.2) is 39.5 Å². The van der Waals surface area contributed by atoms with Crippen molar-refractivity contribution in [1.82, 2.24) is 20.4 Å². The molecule has 180 valence electrons. The van der Waals surface area contributed by atoms with Crippen molar-refractivity contribution in [3.05, 3.63) is 83.7 Å². The lowest BCUT2D eigenvalue weighted by Crippen LogP contribution is -2.50. The summed E-state index contributed by atoms with van der Waals surface area (Å²) < 4.78 is 29.1.